The summed E-state index contributed by atoms with van der Waals surface area (Å²) in [5.74, 6) is -0.244. The minimum absolute atomic E-state index is 0. The van der Waals surface area contributed by atoms with Gasteiger partial charge in [0.1, 0.15) is 5.82 Å². The average Bonchev–Trinajstić information content (AvgIpc) is 2.73. The lowest BCUT2D eigenvalue weighted by atomic mass is 10.2. The molecule has 3 aromatic rings. The number of anilines is 2. The number of hydrogen-bond donors (Lipinski definition) is 2. The maximum absolute atomic E-state index is 12.6. The molecule has 0 aliphatic rings. The summed E-state index contributed by atoms with van der Waals surface area (Å²) in [5, 5.41) is 5.97. The van der Waals surface area contributed by atoms with Gasteiger partial charge in [-0.2, -0.15) is 0 Å². The lowest BCUT2D eigenvalue weighted by Gasteiger charge is -2.11. The first-order valence-electron chi connectivity index (χ1n) is 8.25. The first kappa shape index (κ1) is 20.9. The van der Waals surface area contributed by atoms with E-state index in [0.717, 1.165) is 5.56 Å². The Labute approximate surface area is 168 Å². The molecular formula is C20H19ClN4O3. The van der Waals surface area contributed by atoms with Crippen LogP contribution in [0.2, 0.25) is 0 Å². The molecule has 0 unspecified atom stereocenters. The van der Waals surface area contributed by atoms with Crippen molar-refractivity contribution in [3.05, 3.63) is 83.8 Å². The van der Waals surface area contributed by atoms with Crippen LogP contribution in [0.5, 0.6) is 0 Å². The van der Waals surface area contributed by atoms with Crippen molar-refractivity contribution in [1.29, 1.82) is 0 Å². The topological polar surface area (TPSA) is 93.2 Å². The second kappa shape index (κ2) is 10.0. The van der Waals surface area contributed by atoms with Crippen molar-refractivity contribution in [2.75, 3.05) is 17.7 Å². The van der Waals surface area contributed by atoms with Crippen LogP contribution in [0.25, 0.3) is 0 Å². The number of hydrogen-bond acceptors (Lipinski definition) is 6. The number of carbonyl (C=O) groups is 2. The second-order valence-electron chi connectivity index (χ2n) is 5.63. The SMILES string of the molecule is COC(=O)c1ccc(NC(=O)c2cccnc2NCc2ccncc2)cc1.Cl. The molecule has 0 radical (unpaired) electrons. The van der Waals surface area contributed by atoms with Crippen LogP contribution < -0.4 is 10.6 Å². The first-order valence-corrected chi connectivity index (χ1v) is 8.25. The second-order valence-corrected chi connectivity index (χ2v) is 5.63. The number of nitrogens with zero attached hydrogens (tertiary/aromatic N) is 2. The Kier molecular flexibility index (Phi) is 7.47. The number of halogens is 1. The van der Waals surface area contributed by atoms with Gasteiger partial charge in [-0.3, -0.25) is 9.78 Å². The number of amides is 1. The third kappa shape index (κ3) is 5.28. The van der Waals surface area contributed by atoms with Gasteiger partial charge in [-0.25, -0.2) is 9.78 Å². The normalized spacial score (nSPS) is 9.75. The number of methoxy groups -OCH3 is 1. The molecule has 0 atom stereocenters. The summed E-state index contributed by atoms with van der Waals surface area (Å²) >= 11 is 0. The Balaban J connectivity index is 0.00000280. The quantitative estimate of drug-likeness (QED) is 0.617. The Morgan fingerprint density at radius 1 is 1.00 bits per heavy atom. The Morgan fingerprint density at radius 3 is 2.39 bits per heavy atom. The predicted molar refractivity (Wildman–Crippen MR) is 109 cm³/mol. The van der Waals surface area contributed by atoms with E-state index in [9.17, 15) is 9.59 Å². The summed E-state index contributed by atoms with van der Waals surface area (Å²) in [6.07, 6.45) is 5.04. The fourth-order valence-corrected chi connectivity index (χ4v) is 2.42. The third-order valence-corrected chi connectivity index (χ3v) is 3.83. The number of rotatable bonds is 6. The average molecular weight is 399 g/mol. The zero-order valence-corrected chi connectivity index (χ0v) is 15.9. The van der Waals surface area contributed by atoms with Gasteiger partial charge in [-0.1, -0.05) is 0 Å². The molecule has 7 nitrogen and oxygen atoms in total. The minimum Gasteiger partial charge on any atom is -0.465 e. The van der Waals surface area contributed by atoms with Gasteiger partial charge in [0.25, 0.3) is 5.91 Å². The smallest absolute Gasteiger partial charge is 0.337 e. The van der Waals surface area contributed by atoms with E-state index in [1.165, 1.54) is 7.11 Å². The number of benzene rings is 1. The van der Waals surface area contributed by atoms with Gasteiger partial charge in [0.05, 0.1) is 18.2 Å². The number of nitrogens with one attached hydrogen (secondary N) is 2. The number of pyridine rings is 2. The van der Waals surface area contributed by atoms with Crippen LogP contribution in [0.3, 0.4) is 0 Å². The van der Waals surface area contributed by atoms with E-state index >= 15 is 0 Å². The van der Waals surface area contributed by atoms with Crippen LogP contribution >= 0.6 is 12.4 Å². The van der Waals surface area contributed by atoms with Gasteiger partial charge < -0.3 is 15.4 Å². The first-order chi connectivity index (χ1) is 13.2. The van der Waals surface area contributed by atoms with Crippen LogP contribution in [-0.4, -0.2) is 29.0 Å². The molecule has 0 spiro atoms. The van der Waals surface area contributed by atoms with Crippen molar-refractivity contribution < 1.29 is 14.3 Å². The van der Waals surface area contributed by atoms with Crippen molar-refractivity contribution in [3.8, 4) is 0 Å². The van der Waals surface area contributed by atoms with E-state index < -0.39 is 5.97 Å². The van der Waals surface area contributed by atoms with E-state index in [-0.39, 0.29) is 18.3 Å². The molecule has 2 heterocycles. The van der Waals surface area contributed by atoms with Crippen molar-refractivity contribution >= 4 is 35.8 Å². The van der Waals surface area contributed by atoms with Crippen molar-refractivity contribution in [3.63, 3.8) is 0 Å². The van der Waals surface area contributed by atoms with E-state index in [4.69, 9.17) is 0 Å². The highest BCUT2D eigenvalue weighted by Gasteiger charge is 2.13. The van der Waals surface area contributed by atoms with Gasteiger partial charge in [0.15, 0.2) is 0 Å². The molecule has 2 N–H and O–H groups in total. The standard InChI is InChI=1S/C20H18N4O3.ClH/c1-27-20(26)15-4-6-16(7-5-15)24-19(25)17-3-2-10-22-18(17)23-13-14-8-11-21-12-9-14;/h2-12H,13H2,1H3,(H,22,23)(H,24,25);1H. The molecule has 0 saturated heterocycles. The fraction of sp³-hybridized carbons (Fsp3) is 0.100. The monoisotopic (exact) mass is 398 g/mol. The Bertz CT molecular complexity index is 934. The number of aromatic nitrogens is 2. The summed E-state index contributed by atoms with van der Waals surface area (Å²) < 4.78 is 4.66. The zero-order valence-electron chi connectivity index (χ0n) is 15.1. The van der Waals surface area contributed by atoms with Crippen molar-refractivity contribution in [1.82, 2.24) is 9.97 Å². The van der Waals surface area contributed by atoms with Crippen LogP contribution in [0.1, 0.15) is 26.3 Å². The predicted octanol–water partition coefficient (Wildman–Crippen LogP) is 3.55. The zero-order chi connectivity index (χ0) is 19.1. The molecule has 0 aliphatic carbocycles. The van der Waals surface area contributed by atoms with Crippen LogP contribution in [0, 0.1) is 0 Å². The lowest BCUT2D eigenvalue weighted by molar-refractivity contribution is 0.0600. The van der Waals surface area contributed by atoms with E-state index in [2.05, 4.69) is 25.3 Å². The maximum atomic E-state index is 12.6. The van der Waals surface area contributed by atoms with Gasteiger partial charge in [0, 0.05) is 30.8 Å². The minimum atomic E-state index is -0.428. The molecule has 3 rings (SSSR count). The molecule has 1 amide bonds. The molecule has 0 aliphatic heterocycles. The largest absolute Gasteiger partial charge is 0.465 e. The van der Waals surface area contributed by atoms with Crippen LogP contribution in [0.15, 0.2) is 67.1 Å². The molecular weight excluding hydrogens is 380 g/mol. The summed E-state index contributed by atoms with van der Waals surface area (Å²) in [6, 6.07) is 13.6. The molecule has 28 heavy (non-hydrogen) atoms. The van der Waals surface area contributed by atoms with E-state index in [1.54, 1.807) is 55.0 Å². The Hall–Kier alpha value is -3.45. The third-order valence-electron chi connectivity index (χ3n) is 3.83. The van der Waals surface area contributed by atoms with Crippen LogP contribution in [-0.2, 0) is 11.3 Å². The number of ether oxygens (including phenoxy) is 1. The highest BCUT2D eigenvalue weighted by atomic mass is 35.5. The summed E-state index contributed by atoms with van der Waals surface area (Å²) in [7, 11) is 1.32. The maximum Gasteiger partial charge on any atom is 0.337 e. The molecule has 1 aromatic carbocycles. The summed E-state index contributed by atoms with van der Waals surface area (Å²) in [5.41, 5.74) is 2.43. The fourth-order valence-electron chi connectivity index (χ4n) is 2.42. The highest BCUT2D eigenvalue weighted by molar-refractivity contribution is 6.07. The molecule has 8 heteroatoms. The van der Waals surface area contributed by atoms with E-state index in [1.807, 2.05) is 12.1 Å². The Morgan fingerprint density at radius 2 is 1.71 bits per heavy atom. The van der Waals surface area contributed by atoms with Crippen molar-refractivity contribution in [2.24, 2.45) is 0 Å². The van der Waals surface area contributed by atoms with Crippen LogP contribution in [0.4, 0.5) is 11.5 Å². The summed E-state index contributed by atoms with van der Waals surface area (Å²) in [4.78, 5) is 32.3. The van der Waals surface area contributed by atoms with Gasteiger partial charge in [0.2, 0.25) is 0 Å². The highest BCUT2D eigenvalue weighted by Crippen LogP contribution is 2.17. The van der Waals surface area contributed by atoms with Gasteiger partial charge in [-0.15, -0.1) is 12.4 Å². The molecule has 0 saturated carbocycles. The van der Waals surface area contributed by atoms with Gasteiger partial charge in [-0.05, 0) is 54.1 Å². The van der Waals surface area contributed by atoms with Crippen molar-refractivity contribution in [2.45, 2.75) is 6.54 Å². The lowest BCUT2D eigenvalue weighted by Crippen LogP contribution is -2.16. The van der Waals surface area contributed by atoms with E-state index in [0.29, 0.717) is 29.2 Å². The number of carbonyl (C=O) groups excluding carboxylic acids is 2. The molecule has 144 valence electrons. The molecule has 0 bridgehead atoms. The van der Waals surface area contributed by atoms with Gasteiger partial charge >= 0.3 is 5.97 Å². The molecule has 0 fully saturated rings. The number of esters is 1. The molecule has 2 aromatic heterocycles. The summed E-state index contributed by atoms with van der Waals surface area (Å²) in [6.45, 7) is 0.521.